The topological polar surface area (TPSA) is 48.9 Å². The number of likely N-dealkylation sites (tertiary alicyclic amines) is 1. The van der Waals surface area contributed by atoms with Gasteiger partial charge in [0.2, 0.25) is 0 Å². The fourth-order valence-electron chi connectivity index (χ4n) is 2.51. The van der Waals surface area contributed by atoms with Gasteiger partial charge in [-0.15, -0.1) is 24.0 Å². The van der Waals surface area contributed by atoms with E-state index in [1.54, 1.807) is 0 Å². The van der Waals surface area contributed by atoms with Crippen molar-refractivity contribution in [1.29, 1.82) is 0 Å². The number of hydrogen-bond acceptors (Lipinski definition) is 3. The molecular weight excluding hydrogens is 379 g/mol. The van der Waals surface area contributed by atoms with Gasteiger partial charge in [-0.05, 0) is 44.7 Å². The fourth-order valence-corrected chi connectivity index (χ4v) is 2.51. The average molecular weight is 410 g/mol. The molecule has 0 bridgehead atoms. The second kappa shape index (κ2) is 11.5. The van der Waals surface area contributed by atoms with E-state index in [1.807, 2.05) is 7.05 Å². The summed E-state index contributed by atoms with van der Waals surface area (Å²) >= 11 is 0. The van der Waals surface area contributed by atoms with E-state index < -0.39 is 0 Å². The number of hydrogen-bond donors (Lipinski definition) is 2. The summed E-state index contributed by atoms with van der Waals surface area (Å²) in [6.07, 6.45) is 6.81. The number of nitrogens with one attached hydrogen (secondary N) is 2. The van der Waals surface area contributed by atoms with Gasteiger partial charge in [-0.1, -0.05) is 6.42 Å². The molecule has 1 saturated heterocycles. The summed E-state index contributed by atoms with van der Waals surface area (Å²) in [5, 5.41) is 6.67. The number of ether oxygens (including phenoxy) is 1. The molecule has 1 aliphatic heterocycles. The Morgan fingerprint density at radius 2 is 1.86 bits per heavy atom. The van der Waals surface area contributed by atoms with Crippen LogP contribution in [-0.2, 0) is 4.74 Å². The molecule has 124 valence electrons. The predicted molar refractivity (Wildman–Crippen MR) is 98.6 cm³/mol. The molecule has 5 nitrogen and oxygen atoms in total. The lowest BCUT2D eigenvalue weighted by atomic mass is 10.1. The molecule has 0 unspecified atom stereocenters. The van der Waals surface area contributed by atoms with Crippen molar-refractivity contribution in [2.24, 2.45) is 10.9 Å². The molecule has 1 heterocycles. The van der Waals surface area contributed by atoms with Crippen LogP contribution in [0.25, 0.3) is 0 Å². The number of guanidine groups is 1. The zero-order chi connectivity index (χ0) is 14.0. The van der Waals surface area contributed by atoms with E-state index in [-0.39, 0.29) is 24.0 Å². The molecule has 0 amide bonds. The van der Waals surface area contributed by atoms with Gasteiger partial charge < -0.3 is 20.3 Å². The Balaban J connectivity index is 0.00000220. The SMILES string of the molecule is CN=C(NCCOCC1CC1)NCCN1CCCCC1.I. The molecule has 0 atom stereocenters. The normalized spacial score (nSPS) is 20.0. The molecule has 0 radical (unpaired) electrons. The quantitative estimate of drug-likeness (QED) is 0.277. The van der Waals surface area contributed by atoms with E-state index in [0.717, 1.165) is 44.7 Å². The Morgan fingerprint density at radius 1 is 1.14 bits per heavy atom. The van der Waals surface area contributed by atoms with Crippen molar-refractivity contribution in [1.82, 2.24) is 15.5 Å². The Labute approximate surface area is 146 Å². The van der Waals surface area contributed by atoms with E-state index in [4.69, 9.17) is 4.74 Å². The zero-order valence-corrected chi connectivity index (χ0v) is 15.6. The van der Waals surface area contributed by atoms with Crippen LogP contribution in [0.5, 0.6) is 0 Å². The van der Waals surface area contributed by atoms with Crippen molar-refractivity contribution in [2.45, 2.75) is 32.1 Å². The maximum absolute atomic E-state index is 5.60. The number of halogens is 1. The maximum atomic E-state index is 5.60. The highest BCUT2D eigenvalue weighted by Crippen LogP contribution is 2.28. The monoisotopic (exact) mass is 410 g/mol. The van der Waals surface area contributed by atoms with Gasteiger partial charge in [0.1, 0.15) is 0 Å². The molecule has 2 rings (SSSR count). The molecule has 2 fully saturated rings. The van der Waals surface area contributed by atoms with Crippen LogP contribution in [0, 0.1) is 5.92 Å². The van der Waals surface area contributed by atoms with Crippen molar-refractivity contribution in [3.05, 3.63) is 0 Å². The van der Waals surface area contributed by atoms with Gasteiger partial charge in [0.25, 0.3) is 0 Å². The zero-order valence-electron chi connectivity index (χ0n) is 13.3. The largest absolute Gasteiger partial charge is 0.379 e. The highest BCUT2D eigenvalue weighted by Gasteiger charge is 2.20. The Morgan fingerprint density at radius 3 is 2.52 bits per heavy atom. The van der Waals surface area contributed by atoms with Gasteiger partial charge in [-0.3, -0.25) is 4.99 Å². The Bertz CT molecular complexity index is 291. The lowest BCUT2D eigenvalue weighted by molar-refractivity contribution is 0.129. The Kier molecular flexibility index (Phi) is 10.4. The molecule has 2 aliphatic rings. The molecule has 0 aromatic heterocycles. The van der Waals surface area contributed by atoms with Crippen molar-refractivity contribution in [2.75, 3.05) is 53.0 Å². The van der Waals surface area contributed by atoms with Crippen LogP contribution in [0.15, 0.2) is 4.99 Å². The van der Waals surface area contributed by atoms with Gasteiger partial charge in [0.15, 0.2) is 5.96 Å². The minimum absolute atomic E-state index is 0. The number of piperidine rings is 1. The average Bonchev–Trinajstić information content (AvgIpc) is 3.30. The molecule has 1 aliphatic carbocycles. The first kappa shape index (κ1) is 19.0. The minimum Gasteiger partial charge on any atom is -0.379 e. The van der Waals surface area contributed by atoms with Gasteiger partial charge in [-0.2, -0.15) is 0 Å². The summed E-state index contributed by atoms with van der Waals surface area (Å²) in [4.78, 5) is 6.77. The van der Waals surface area contributed by atoms with Crippen molar-refractivity contribution in [3.8, 4) is 0 Å². The summed E-state index contributed by atoms with van der Waals surface area (Å²) in [5.41, 5.74) is 0. The second-order valence-corrected chi connectivity index (χ2v) is 5.85. The maximum Gasteiger partial charge on any atom is 0.191 e. The van der Waals surface area contributed by atoms with Crippen LogP contribution in [0.3, 0.4) is 0 Å². The molecular formula is C15H31IN4O. The van der Waals surface area contributed by atoms with Gasteiger partial charge in [0.05, 0.1) is 6.61 Å². The minimum atomic E-state index is 0. The molecule has 2 N–H and O–H groups in total. The van der Waals surface area contributed by atoms with E-state index in [0.29, 0.717) is 0 Å². The van der Waals surface area contributed by atoms with Crippen molar-refractivity contribution in [3.63, 3.8) is 0 Å². The lowest BCUT2D eigenvalue weighted by Crippen LogP contribution is -2.43. The summed E-state index contributed by atoms with van der Waals surface area (Å²) in [5.74, 6) is 1.73. The lowest BCUT2D eigenvalue weighted by Gasteiger charge is -2.26. The first-order valence-corrected chi connectivity index (χ1v) is 8.13. The highest BCUT2D eigenvalue weighted by molar-refractivity contribution is 14.0. The van der Waals surface area contributed by atoms with Crippen LogP contribution in [0.4, 0.5) is 0 Å². The summed E-state index contributed by atoms with van der Waals surface area (Å²) < 4.78 is 5.60. The molecule has 21 heavy (non-hydrogen) atoms. The number of nitrogens with zero attached hydrogens (tertiary/aromatic N) is 2. The predicted octanol–water partition coefficient (Wildman–Crippen LogP) is 1.68. The first-order valence-electron chi connectivity index (χ1n) is 8.13. The molecule has 0 aromatic carbocycles. The standard InChI is InChI=1S/C15H30N4O.HI/c1-16-15(18-8-12-20-13-14-5-6-14)17-7-11-19-9-3-2-4-10-19;/h14H,2-13H2,1H3,(H2,16,17,18);1H. The first-order chi connectivity index (χ1) is 9.88. The number of aliphatic imine (C=N–C) groups is 1. The van der Waals surface area contributed by atoms with Crippen LogP contribution >= 0.6 is 24.0 Å². The summed E-state index contributed by atoms with van der Waals surface area (Å²) in [6, 6.07) is 0. The van der Waals surface area contributed by atoms with E-state index in [9.17, 15) is 0 Å². The smallest absolute Gasteiger partial charge is 0.191 e. The summed E-state index contributed by atoms with van der Waals surface area (Å²) in [6.45, 7) is 7.11. The molecule has 0 spiro atoms. The molecule has 6 heteroatoms. The van der Waals surface area contributed by atoms with E-state index >= 15 is 0 Å². The third kappa shape index (κ3) is 8.83. The van der Waals surface area contributed by atoms with Crippen molar-refractivity contribution >= 4 is 29.9 Å². The third-order valence-corrected chi connectivity index (χ3v) is 3.98. The van der Waals surface area contributed by atoms with Gasteiger partial charge in [-0.25, -0.2) is 0 Å². The van der Waals surface area contributed by atoms with Crippen LogP contribution < -0.4 is 10.6 Å². The summed E-state index contributed by atoms with van der Waals surface area (Å²) in [7, 11) is 1.82. The second-order valence-electron chi connectivity index (χ2n) is 5.85. The van der Waals surface area contributed by atoms with Gasteiger partial charge >= 0.3 is 0 Å². The fraction of sp³-hybridized carbons (Fsp3) is 0.933. The van der Waals surface area contributed by atoms with E-state index in [1.165, 1.54) is 45.2 Å². The van der Waals surface area contributed by atoms with Crippen LogP contribution in [0.2, 0.25) is 0 Å². The molecule has 0 aromatic rings. The van der Waals surface area contributed by atoms with Crippen LogP contribution in [0.1, 0.15) is 32.1 Å². The van der Waals surface area contributed by atoms with Crippen LogP contribution in [-0.4, -0.2) is 63.8 Å². The van der Waals surface area contributed by atoms with Gasteiger partial charge in [0, 0.05) is 33.3 Å². The van der Waals surface area contributed by atoms with E-state index in [2.05, 4.69) is 20.5 Å². The highest BCUT2D eigenvalue weighted by atomic mass is 127. The third-order valence-electron chi connectivity index (χ3n) is 3.98. The Hall–Kier alpha value is -0.0800. The molecule has 1 saturated carbocycles. The number of rotatable bonds is 8. The van der Waals surface area contributed by atoms with Crippen molar-refractivity contribution < 1.29 is 4.74 Å².